The normalized spacial score (nSPS) is 10.4. The van der Waals surface area contributed by atoms with Gasteiger partial charge in [0.1, 0.15) is 0 Å². The van der Waals surface area contributed by atoms with Gasteiger partial charge in [-0.1, -0.05) is 6.42 Å². The number of aliphatic carboxylic acids is 1. The number of carbonyl (C=O) groups is 2. The van der Waals surface area contributed by atoms with E-state index in [-0.39, 0.29) is 12.5 Å². The molecule has 0 aliphatic carbocycles. The van der Waals surface area contributed by atoms with E-state index in [1.165, 1.54) is 0 Å². The van der Waals surface area contributed by atoms with Gasteiger partial charge < -0.3 is 24.8 Å². The summed E-state index contributed by atoms with van der Waals surface area (Å²) < 4.78 is 9.98. The number of carbonyl (C=O) groups excluding carboxylic acids is 1. The molecule has 0 aromatic carbocycles. The lowest BCUT2D eigenvalue weighted by molar-refractivity contribution is -0.137. The number of rotatable bonds is 13. The Balaban J connectivity index is 3.84. The van der Waals surface area contributed by atoms with Crippen molar-refractivity contribution in [3.63, 3.8) is 0 Å². The zero-order chi connectivity index (χ0) is 15.9. The van der Waals surface area contributed by atoms with Crippen molar-refractivity contribution in [3.05, 3.63) is 0 Å². The van der Waals surface area contributed by atoms with Crippen molar-refractivity contribution in [1.82, 2.24) is 10.2 Å². The van der Waals surface area contributed by atoms with Gasteiger partial charge in [0.25, 0.3) is 0 Å². The molecule has 2 N–H and O–H groups in total. The second-order valence-electron chi connectivity index (χ2n) is 4.76. The summed E-state index contributed by atoms with van der Waals surface area (Å²) in [6.45, 7) is 2.85. The minimum absolute atomic E-state index is 0.110. The average Bonchev–Trinajstić information content (AvgIpc) is 2.45. The van der Waals surface area contributed by atoms with E-state index in [4.69, 9.17) is 14.6 Å². The Morgan fingerprint density at radius 3 is 2.33 bits per heavy atom. The van der Waals surface area contributed by atoms with Crippen LogP contribution in [0, 0.1) is 0 Å². The SMILES string of the molecule is COCCCN(CCOC)C(=O)NCCCCCC(=O)O. The number of methoxy groups -OCH3 is 2. The number of amides is 2. The molecule has 0 saturated heterocycles. The van der Waals surface area contributed by atoms with Gasteiger partial charge in [-0.15, -0.1) is 0 Å². The van der Waals surface area contributed by atoms with Gasteiger partial charge in [-0.3, -0.25) is 4.79 Å². The van der Waals surface area contributed by atoms with Crippen molar-refractivity contribution in [1.29, 1.82) is 0 Å². The van der Waals surface area contributed by atoms with Gasteiger partial charge in [-0.2, -0.15) is 0 Å². The lowest BCUT2D eigenvalue weighted by Gasteiger charge is -2.22. The van der Waals surface area contributed by atoms with E-state index in [9.17, 15) is 9.59 Å². The summed E-state index contributed by atoms with van der Waals surface area (Å²) in [5.41, 5.74) is 0. The highest BCUT2D eigenvalue weighted by Crippen LogP contribution is 1.99. The number of carboxylic acid groups (broad SMARTS) is 1. The molecular weight excluding hydrogens is 276 g/mol. The Morgan fingerprint density at radius 1 is 1.00 bits per heavy atom. The lowest BCUT2D eigenvalue weighted by Crippen LogP contribution is -2.42. The molecule has 7 heteroatoms. The molecule has 0 heterocycles. The molecule has 0 aromatic heterocycles. The first kappa shape index (κ1) is 19.7. The Morgan fingerprint density at radius 2 is 1.71 bits per heavy atom. The molecule has 21 heavy (non-hydrogen) atoms. The van der Waals surface area contributed by atoms with Crippen LogP contribution >= 0.6 is 0 Å². The summed E-state index contributed by atoms with van der Waals surface area (Å²) in [6.07, 6.45) is 3.20. The molecule has 2 amide bonds. The number of nitrogens with zero attached hydrogens (tertiary/aromatic N) is 1. The molecule has 0 bridgehead atoms. The van der Waals surface area contributed by atoms with Crippen LogP contribution in [0.25, 0.3) is 0 Å². The largest absolute Gasteiger partial charge is 0.481 e. The average molecular weight is 304 g/mol. The molecule has 0 aliphatic heterocycles. The first-order chi connectivity index (χ1) is 10.1. The van der Waals surface area contributed by atoms with Crippen molar-refractivity contribution in [2.24, 2.45) is 0 Å². The van der Waals surface area contributed by atoms with Crippen LogP contribution < -0.4 is 5.32 Å². The summed E-state index contributed by atoms with van der Waals surface area (Å²) in [7, 11) is 3.24. The summed E-state index contributed by atoms with van der Waals surface area (Å²) in [6, 6.07) is -0.110. The van der Waals surface area contributed by atoms with Crippen molar-refractivity contribution >= 4 is 12.0 Å². The van der Waals surface area contributed by atoms with Gasteiger partial charge in [0.05, 0.1) is 6.61 Å². The highest BCUT2D eigenvalue weighted by atomic mass is 16.5. The Bertz CT molecular complexity index is 287. The van der Waals surface area contributed by atoms with Crippen LogP contribution in [-0.4, -0.2) is 69.1 Å². The minimum atomic E-state index is -0.775. The summed E-state index contributed by atoms with van der Waals surface area (Å²) in [5.74, 6) is -0.775. The minimum Gasteiger partial charge on any atom is -0.481 e. The third-order valence-electron chi connectivity index (χ3n) is 2.97. The monoisotopic (exact) mass is 304 g/mol. The summed E-state index contributed by atoms with van der Waals surface area (Å²) in [5, 5.41) is 11.4. The first-order valence-electron chi connectivity index (χ1n) is 7.34. The maximum Gasteiger partial charge on any atom is 0.317 e. The molecule has 0 saturated carbocycles. The van der Waals surface area contributed by atoms with Crippen molar-refractivity contribution in [2.45, 2.75) is 32.1 Å². The van der Waals surface area contributed by atoms with Crippen molar-refractivity contribution < 1.29 is 24.2 Å². The van der Waals surface area contributed by atoms with Gasteiger partial charge in [0, 0.05) is 46.9 Å². The predicted octanol–water partition coefficient (Wildman–Crippen LogP) is 1.33. The number of unbranched alkanes of at least 4 members (excludes halogenated alkanes) is 2. The van der Waals surface area contributed by atoms with Gasteiger partial charge in [-0.05, 0) is 19.3 Å². The number of hydrogen-bond donors (Lipinski definition) is 2. The molecule has 0 unspecified atom stereocenters. The van der Waals surface area contributed by atoms with E-state index >= 15 is 0 Å². The Hall–Kier alpha value is -1.34. The summed E-state index contributed by atoms with van der Waals surface area (Å²) in [4.78, 5) is 24.1. The number of urea groups is 1. The number of nitrogens with one attached hydrogen (secondary N) is 1. The molecule has 0 atom stereocenters. The highest BCUT2D eigenvalue weighted by molar-refractivity contribution is 5.74. The quantitative estimate of drug-likeness (QED) is 0.501. The Kier molecular flexibility index (Phi) is 12.8. The van der Waals surface area contributed by atoms with Crippen LogP contribution in [-0.2, 0) is 14.3 Å². The van der Waals surface area contributed by atoms with Gasteiger partial charge >= 0.3 is 12.0 Å². The number of ether oxygens (including phenoxy) is 2. The first-order valence-corrected chi connectivity index (χ1v) is 7.34. The van der Waals surface area contributed by atoms with Crippen LogP contribution in [0.1, 0.15) is 32.1 Å². The standard InChI is InChI=1S/C14H28N2O5/c1-20-11-6-9-16(10-12-21-2)14(19)15-8-5-3-4-7-13(17)18/h3-12H2,1-2H3,(H,15,19)(H,17,18). The van der Waals surface area contributed by atoms with E-state index in [0.29, 0.717) is 39.3 Å². The molecule has 0 aromatic rings. The predicted molar refractivity (Wildman–Crippen MR) is 79.4 cm³/mol. The van der Waals surface area contributed by atoms with E-state index in [1.54, 1.807) is 19.1 Å². The van der Waals surface area contributed by atoms with Gasteiger partial charge in [0.15, 0.2) is 0 Å². The molecule has 0 rings (SSSR count). The maximum atomic E-state index is 12.0. The van der Waals surface area contributed by atoms with E-state index in [2.05, 4.69) is 5.32 Å². The fourth-order valence-corrected chi connectivity index (χ4v) is 1.80. The van der Waals surface area contributed by atoms with Crippen LogP contribution in [0.2, 0.25) is 0 Å². The molecule has 0 aliphatic rings. The van der Waals surface area contributed by atoms with Gasteiger partial charge in [-0.25, -0.2) is 4.79 Å². The maximum absolute atomic E-state index is 12.0. The van der Waals surface area contributed by atoms with Crippen molar-refractivity contribution in [3.8, 4) is 0 Å². The molecule has 0 fully saturated rings. The van der Waals surface area contributed by atoms with Crippen LogP contribution in [0.15, 0.2) is 0 Å². The van der Waals surface area contributed by atoms with Gasteiger partial charge in [0.2, 0.25) is 0 Å². The summed E-state index contributed by atoms with van der Waals surface area (Å²) >= 11 is 0. The molecule has 124 valence electrons. The molecule has 0 spiro atoms. The smallest absolute Gasteiger partial charge is 0.317 e. The Labute approximate surface area is 126 Å². The third kappa shape index (κ3) is 12.1. The van der Waals surface area contributed by atoms with E-state index in [1.807, 2.05) is 0 Å². The second-order valence-corrected chi connectivity index (χ2v) is 4.76. The van der Waals surface area contributed by atoms with Crippen molar-refractivity contribution in [2.75, 3.05) is 47.1 Å². The fourth-order valence-electron chi connectivity index (χ4n) is 1.80. The second kappa shape index (κ2) is 13.6. The zero-order valence-electron chi connectivity index (χ0n) is 13.1. The fraction of sp³-hybridized carbons (Fsp3) is 0.857. The topological polar surface area (TPSA) is 88.1 Å². The van der Waals surface area contributed by atoms with Crippen LogP contribution in [0.4, 0.5) is 4.79 Å². The number of carboxylic acids is 1. The molecule has 0 radical (unpaired) electrons. The third-order valence-corrected chi connectivity index (χ3v) is 2.97. The highest BCUT2D eigenvalue weighted by Gasteiger charge is 2.11. The number of hydrogen-bond acceptors (Lipinski definition) is 4. The molecule has 7 nitrogen and oxygen atoms in total. The zero-order valence-corrected chi connectivity index (χ0v) is 13.1. The van der Waals surface area contributed by atoms with Crippen LogP contribution in [0.5, 0.6) is 0 Å². The van der Waals surface area contributed by atoms with Crippen LogP contribution in [0.3, 0.4) is 0 Å². The van der Waals surface area contributed by atoms with E-state index in [0.717, 1.165) is 19.3 Å². The molecular formula is C14H28N2O5. The van der Waals surface area contributed by atoms with E-state index < -0.39 is 5.97 Å². The lowest BCUT2D eigenvalue weighted by atomic mass is 10.2.